The fourth-order valence-corrected chi connectivity index (χ4v) is 2.93. The number of oxazole rings is 1. The van der Waals surface area contributed by atoms with E-state index in [0.717, 1.165) is 36.8 Å². The molecule has 6 heteroatoms. The lowest BCUT2D eigenvalue weighted by molar-refractivity contribution is 0.0722. The molecule has 0 bridgehead atoms. The van der Waals surface area contributed by atoms with Crippen molar-refractivity contribution >= 4 is 5.91 Å². The maximum absolute atomic E-state index is 12.3. The van der Waals surface area contributed by atoms with E-state index in [4.69, 9.17) is 9.15 Å². The van der Waals surface area contributed by atoms with Gasteiger partial charge in [0.2, 0.25) is 0 Å². The molecule has 6 nitrogen and oxygen atoms in total. The van der Waals surface area contributed by atoms with Crippen molar-refractivity contribution in [1.29, 1.82) is 0 Å². The molecule has 0 spiro atoms. The van der Waals surface area contributed by atoms with Crippen LogP contribution in [-0.4, -0.2) is 40.5 Å². The molecule has 21 heavy (non-hydrogen) atoms. The molecule has 0 aliphatic carbocycles. The van der Waals surface area contributed by atoms with E-state index in [1.165, 1.54) is 0 Å². The Morgan fingerprint density at radius 2 is 2.43 bits per heavy atom. The maximum atomic E-state index is 12.3. The van der Waals surface area contributed by atoms with Crippen LogP contribution in [-0.2, 0) is 17.7 Å². The average molecular weight is 287 g/mol. The van der Waals surface area contributed by atoms with E-state index in [1.54, 1.807) is 12.3 Å². The number of aromatic nitrogens is 2. The lowest BCUT2D eigenvalue weighted by atomic mass is 10.1. The average Bonchev–Trinajstić information content (AvgIpc) is 3.24. The Morgan fingerprint density at radius 1 is 1.48 bits per heavy atom. The number of aromatic amines is 1. The molecular weight excluding hydrogens is 270 g/mol. The minimum Gasteiger partial charge on any atom is -0.445 e. The standard InChI is InChI=1S/C15H17N3O3/c19-15(11-2-1-5-16-11)18-6-3-13-12(8-18)17-14(21-13)10-4-7-20-9-10/h1-2,5,10,16H,3-4,6-9H2. The number of nitrogens with one attached hydrogen (secondary N) is 1. The molecule has 0 saturated carbocycles. The number of ether oxygens (including phenoxy) is 1. The van der Waals surface area contributed by atoms with E-state index >= 15 is 0 Å². The van der Waals surface area contributed by atoms with Crippen LogP contribution in [0.1, 0.15) is 40.2 Å². The van der Waals surface area contributed by atoms with E-state index in [9.17, 15) is 4.79 Å². The van der Waals surface area contributed by atoms with Crippen molar-refractivity contribution in [1.82, 2.24) is 14.9 Å². The Hall–Kier alpha value is -2.08. The first-order chi connectivity index (χ1) is 10.3. The quantitative estimate of drug-likeness (QED) is 0.912. The zero-order chi connectivity index (χ0) is 14.2. The normalized spacial score (nSPS) is 21.5. The van der Waals surface area contributed by atoms with Crippen LogP contribution in [0.25, 0.3) is 0 Å². The highest BCUT2D eigenvalue weighted by Gasteiger charge is 2.29. The molecule has 0 aromatic carbocycles. The summed E-state index contributed by atoms with van der Waals surface area (Å²) in [6, 6.07) is 3.62. The molecule has 2 aliphatic rings. The summed E-state index contributed by atoms with van der Waals surface area (Å²) < 4.78 is 11.3. The van der Waals surface area contributed by atoms with Crippen molar-refractivity contribution in [2.24, 2.45) is 0 Å². The molecule has 2 aromatic rings. The SMILES string of the molecule is O=C(c1ccc[nH]1)N1CCc2oc(C3CCOC3)nc2C1. The topological polar surface area (TPSA) is 71.4 Å². The fourth-order valence-electron chi connectivity index (χ4n) is 2.93. The van der Waals surface area contributed by atoms with Crippen LogP contribution in [0.15, 0.2) is 22.7 Å². The minimum absolute atomic E-state index is 0.0133. The third kappa shape index (κ3) is 2.25. The molecule has 2 aliphatic heterocycles. The van der Waals surface area contributed by atoms with Gasteiger partial charge in [-0.15, -0.1) is 0 Å². The van der Waals surface area contributed by atoms with Crippen LogP contribution in [0.2, 0.25) is 0 Å². The maximum Gasteiger partial charge on any atom is 0.270 e. The summed E-state index contributed by atoms with van der Waals surface area (Å²) in [5.41, 5.74) is 1.51. The van der Waals surface area contributed by atoms with Crippen LogP contribution in [0.5, 0.6) is 0 Å². The summed E-state index contributed by atoms with van der Waals surface area (Å²) in [7, 11) is 0. The predicted molar refractivity (Wildman–Crippen MR) is 73.9 cm³/mol. The highest BCUT2D eigenvalue weighted by atomic mass is 16.5. The van der Waals surface area contributed by atoms with Crippen LogP contribution in [0.3, 0.4) is 0 Å². The van der Waals surface area contributed by atoms with Crippen molar-refractivity contribution in [2.75, 3.05) is 19.8 Å². The molecular formula is C15H17N3O3. The molecule has 1 N–H and O–H groups in total. The molecule has 1 saturated heterocycles. The minimum atomic E-state index is 0.0133. The number of nitrogens with zero attached hydrogens (tertiary/aromatic N) is 2. The molecule has 110 valence electrons. The van der Waals surface area contributed by atoms with Crippen LogP contribution >= 0.6 is 0 Å². The third-order valence-electron chi connectivity index (χ3n) is 4.14. The van der Waals surface area contributed by atoms with Crippen molar-refractivity contribution in [3.8, 4) is 0 Å². The largest absolute Gasteiger partial charge is 0.445 e. The number of hydrogen-bond donors (Lipinski definition) is 1. The summed E-state index contributed by atoms with van der Waals surface area (Å²) in [4.78, 5) is 21.7. The molecule has 4 rings (SSSR count). The highest BCUT2D eigenvalue weighted by Crippen LogP contribution is 2.29. The highest BCUT2D eigenvalue weighted by molar-refractivity contribution is 5.92. The van der Waals surface area contributed by atoms with Crippen LogP contribution in [0.4, 0.5) is 0 Å². The Morgan fingerprint density at radius 3 is 3.19 bits per heavy atom. The molecule has 4 heterocycles. The third-order valence-corrected chi connectivity index (χ3v) is 4.14. The lowest BCUT2D eigenvalue weighted by Gasteiger charge is -2.24. The van der Waals surface area contributed by atoms with Gasteiger partial charge in [-0.2, -0.15) is 0 Å². The van der Waals surface area contributed by atoms with Crippen molar-refractivity contribution in [2.45, 2.75) is 25.3 Å². The van der Waals surface area contributed by atoms with E-state index in [0.29, 0.717) is 25.4 Å². The van der Waals surface area contributed by atoms with Gasteiger partial charge in [0.15, 0.2) is 5.89 Å². The van der Waals surface area contributed by atoms with Gasteiger partial charge < -0.3 is 19.0 Å². The van der Waals surface area contributed by atoms with E-state index in [-0.39, 0.29) is 11.8 Å². The molecule has 0 radical (unpaired) electrons. The van der Waals surface area contributed by atoms with E-state index in [2.05, 4.69) is 9.97 Å². The Kier molecular flexibility index (Phi) is 3.03. The Bertz CT molecular complexity index is 641. The number of hydrogen-bond acceptors (Lipinski definition) is 4. The summed E-state index contributed by atoms with van der Waals surface area (Å²) in [5.74, 6) is 1.97. The number of rotatable bonds is 2. The summed E-state index contributed by atoms with van der Waals surface area (Å²) >= 11 is 0. The summed E-state index contributed by atoms with van der Waals surface area (Å²) in [6.45, 7) is 2.64. The number of carbonyl (C=O) groups is 1. The van der Waals surface area contributed by atoms with Crippen LogP contribution < -0.4 is 0 Å². The fraction of sp³-hybridized carbons (Fsp3) is 0.467. The van der Waals surface area contributed by atoms with E-state index < -0.39 is 0 Å². The summed E-state index contributed by atoms with van der Waals surface area (Å²) in [6.07, 6.45) is 3.45. The van der Waals surface area contributed by atoms with Gasteiger partial charge in [0.1, 0.15) is 17.1 Å². The number of fused-ring (bicyclic) bond motifs is 1. The number of amides is 1. The van der Waals surface area contributed by atoms with Gasteiger partial charge in [-0.3, -0.25) is 4.79 Å². The predicted octanol–water partition coefficient (Wildman–Crippen LogP) is 1.71. The molecule has 1 unspecified atom stereocenters. The molecule has 1 fully saturated rings. The van der Waals surface area contributed by atoms with Gasteiger partial charge in [-0.05, 0) is 18.6 Å². The zero-order valence-corrected chi connectivity index (χ0v) is 11.7. The van der Waals surface area contributed by atoms with Gasteiger partial charge in [0.05, 0.1) is 19.1 Å². The monoisotopic (exact) mass is 287 g/mol. The zero-order valence-electron chi connectivity index (χ0n) is 11.7. The smallest absolute Gasteiger partial charge is 0.270 e. The molecule has 1 atom stereocenters. The summed E-state index contributed by atoms with van der Waals surface area (Å²) in [5, 5.41) is 0. The first-order valence-corrected chi connectivity index (χ1v) is 7.30. The van der Waals surface area contributed by atoms with Gasteiger partial charge in [-0.25, -0.2) is 4.98 Å². The number of H-pyrrole nitrogens is 1. The second-order valence-corrected chi connectivity index (χ2v) is 5.54. The van der Waals surface area contributed by atoms with Crippen molar-refractivity contribution < 1.29 is 13.9 Å². The first-order valence-electron chi connectivity index (χ1n) is 7.30. The van der Waals surface area contributed by atoms with E-state index in [1.807, 2.05) is 11.0 Å². The van der Waals surface area contributed by atoms with Gasteiger partial charge in [0.25, 0.3) is 5.91 Å². The lowest BCUT2D eigenvalue weighted by Crippen LogP contribution is -2.36. The second-order valence-electron chi connectivity index (χ2n) is 5.54. The van der Waals surface area contributed by atoms with Crippen molar-refractivity contribution in [3.63, 3.8) is 0 Å². The molecule has 2 aromatic heterocycles. The molecule has 1 amide bonds. The second kappa shape index (κ2) is 5.04. The van der Waals surface area contributed by atoms with Crippen molar-refractivity contribution in [3.05, 3.63) is 41.4 Å². The Balaban J connectivity index is 1.53. The first kappa shape index (κ1) is 12.6. The van der Waals surface area contributed by atoms with Crippen LogP contribution in [0, 0.1) is 0 Å². The van der Waals surface area contributed by atoms with Gasteiger partial charge in [0, 0.05) is 25.8 Å². The van der Waals surface area contributed by atoms with Gasteiger partial charge in [-0.1, -0.05) is 0 Å². The number of carbonyl (C=O) groups excluding carboxylic acids is 1. The van der Waals surface area contributed by atoms with Gasteiger partial charge >= 0.3 is 0 Å². The Labute approximate surface area is 122 Å².